The van der Waals surface area contributed by atoms with Gasteiger partial charge in [-0.05, 0) is 44.8 Å². The van der Waals surface area contributed by atoms with Crippen LogP contribution in [0, 0.1) is 0 Å². The Morgan fingerprint density at radius 3 is 2.20 bits per heavy atom. The van der Waals surface area contributed by atoms with Crippen molar-refractivity contribution in [3.8, 4) is 0 Å². The fourth-order valence-electron chi connectivity index (χ4n) is 3.44. The molecule has 0 aliphatic carbocycles. The van der Waals surface area contributed by atoms with E-state index in [-0.39, 0.29) is 11.6 Å². The molecule has 1 aromatic heterocycles. The molecular formula is C16H32N4. The summed E-state index contributed by atoms with van der Waals surface area (Å²) in [6.07, 6.45) is 7.17. The number of nitrogens with two attached hydrogens (primary N) is 1. The van der Waals surface area contributed by atoms with Crippen LogP contribution in [0.3, 0.4) is 0 Å². The Balaban J connectivity index is 2.90. The van der Waals surface area contributed by atoms with Gasteiger partial charge in [0.2, 0.25) is 0 Å². The first-order chi connectivity index (χ1) is 9.57. The molecular weight excluding hydrogens is 248 g/mol. The molecule has 0 radical (unpaired) electrons. The molecule has 0 aliphatic rings. The molecule has 1 aromatic rings. The Morgan fingerprint density at radius 2 is 1.80 bits per heavy atom. The second-order valence-electron chi connectivity index (χ2n) is 5.50. The predicted molar refractivity (Wildman–Crippen MR) is 85.8 cm³/mol. The molecule has 20 heavy (non-hydrogen) atoms. The van der Waals surface area contributed by atoms with Gasteiger partial charge in [-0.15, -0.1) is 0 Å². The molecule has 0 fully saturated rings. The largest absolute Gasteiger partial charge is 0.326 e. The molecule has 0 aromatic carbocycles. The lowest BCUT2D eigenvalue weighted by Gasteiger charge is -2.46. The average Bonchev–Trinajstić information content (AvgIpc) is 2.92. The molecule has 4 nitrogen and oxygen atoms in total. The smallest absolute Gasteiger partial charge is 0.0522 e. The molecule has 116 valence electrons. The van der Waals surface area contributed by atoms with Crippen LogP contribution in [0.2, 0.25) is 0 Å². The summed E-state index contributed by atoms with van der Waals surface area (Å²) >= 11 is 0. The monoisotopic (exact) mass is 280 g/mol. The summed E-state index contributed by atoms with van der Waals surface area (Å²) in [5.74, 6) is 0. The van der Waals surface area contributed by atoms with Crippen molar-refractivity contribution in [2.75, 3.05) is 13.1 Å². The number of rotatable bonds is 9. The van der Waals surface area contributed by atoms with Gasteiger partial charge in [0.1, 0.15) is 0 Å². The summed E-state index contributed by atoms with van der Waals surface area (Å²) in [4.78, 5) is 2.53. The first-order valence-electron chi connectivity index (χ1n) is 8.09. The highest BCUT2D eigenvalue weighted by Crippen LogP contribution is 2.28. The van der Waals surface area contributed by atoms with E-state index in [9.17, 15) is 0 Å². The molecule has 0 saturated carbocycles. The van der Waals surface area contributed by atoms with Crippen molar-refractivity contribution in [1.82, 2.24) is 14.7 Å². The van der Waals surface area contributed by atoms with Gasteiger partial charge in [0, 0.05) is 24.3 Å². The molecule has 0 spiro atoms. The van der Waals surface area contributed by atoms with E-state index in [4.69, 9.17) is 5.73 Å². The van der Waals surface area contributed by atoms with Gasteiger partial charge in [0.05, 0.1) is 6.20 Å². The third-order valence-electron chi connectivity index (χ3n) is 4.77. The maximum absolute atomic E-state index is 6.63. The van der Waals surface area contributed by atoms with Crippen LogP contribution in [-0.4, -0.2) is 39.4 Å². The van der Waals surface area contributed by atoms with E-state index in [1.54, 1.807) is 0 Å². The van der Waals surface area contributed by atoms with Crippen molar-refractivity contribution in [2.45, 2.75) is 72.0 Å². The van der Waals surface area contributed by atoms with Gasteiger partial charge in [0.15, 0.2) is 0 Å². The van der Waals surface area contributed by atoms with Gasteiger partial charge in [-0.1, -0.05) is 27.7 Å². The summed E-state index contributed by atoms with van der Waals surface area (Å²) in [5.41, 5.74) is 7.97. The lowest BCUT2D eigenvalue weighted by Crippen LogP contribution is -2.60. The molecule has 0 bridgehead atoms. The second kappa shape index (κ2) is 7.79. The van der Waals surface area contributed by atoms with Crippen molar-refractivity contribution in [3.05, 3.63) is 18.0 Å². The Kier molecular flexibility index (Phi) is 6.69. The van der Waals surface area contributed by atoms with Gasteiger partial charge in [-0.25, -0.2) is 0 Å². The quantitative estimate of drug-likeness (QED) is 0.756. The Bertz CT molecular complexity index is 378. The summed E-state index contributed by atoms with van der Waals surface area (Å²) in [5, 5.41) is 4.35. The first kappa shape index (κ1) is 17.2. The third-order valence-corrected chi connectivity index (χ3v) is 4.77. The number of hydrogen-bond acceptors (Lipinski definition) is 3. The van der Waals surface area contributed by atoms with Gasteiger partial charge >= 0.3 is 0 Å². The maximum atomic E-state index is 6.63. The van der Waals surface area contributed by atoms with E-state index in [2.05, 4.69) is 50.8 Å². The number of aryl methyl sites for hydroxylation is 1. The molecule has 1 heterocycles. The highest BCUT2D eigenvalue weighted by Gasteiger charge is 2.37. The molecule has 0 aliphatic heterocycles. The van der Waals surface area contributed by atoms with Crippen molar-refractivity contribution < 1.29 is 0 Å². The minimum atomic E-state index is 0.0951. The van der Waals surface area contributed by atoms with E-state index in [0.29, 0.717) is 0 Å². The minimum absolute atomic E-state index is 0.0951. The molecule has 4 heteroatoms. The highest BCUT2D eigenvalue weighted by atomic mass is 15.3. The Morgan fingerprint density at radius 1 is 1.20 bits per heavy atom. The molecule has 1 unspecified atom stereocenters. The van der Waals surface area contributed by atoms with Crippen LogP contribution < -0.4 is 5.73 Å². The number of nitrogens with zero attached hydrogens (tertiary/aromatic N) is 3. The average molecular weight is 280 g/mol. The zero-order chi connectivity index (χ0) is 15.2. The Labute approximate surface area is 124 Å². The van der Waals surface area contributed by atoms with Gasteiger partial charge in [-0.2, -0.15) is 5.10 Å². The summed E-state index contributed by atoms with van der Waals surface area (Å²) in [7, 11) is 0. The van der Waals surface area contributed by atoms with Crippen LogP contribution in [-0.2, 0) is 13.0 Å². The van der Waals surface area contributed by atoms with Crippen LogP contribution >= 0.6 is 0 Å². The standard InChI is InChI=1S/C16H32N4/c1-6-16(7-2,19(8-3)9-4)15(17)11-14-12-18-20(10-5)13-14/h12-13,15H,6-11,17H2,1-5H3. The van der Waals surface area contributed by atoms with E-state index < -0.39 is 0 Å². The van der Waals surface area contributed by atoms with E-state index >= 15 is 0 Å². The number of hydrogen-bond donors (Lipinski definition) is 1. The first-order valence-corrected chi connectivity index (χ1v) is 8.09. The number of aromatic nitrogens is 2. The van der Waals surface area contributed by atoms with Gasteiger partial charge < -0.3 is 5.73 Å². The van der Waals surface area contributed by atoms with Crippen LogP contribution in [0.4, 0.5) is 0 Å². The molecule has 1 atom stereocenters. The van der Waals surface area contributed by atoms with Gasteiger partial charge in [0.25, 0.3) is 0 Å². The zero-order valence-electron chi connectivity index (χ0n) is 13.9. The normalized spacial score (nSPS) is 13.9. The van der Waals surface area contributed by atoms with Crippen molar-refractivity contribution in [1.29, 1.82) is 0 Å². The van der Waals surface area contributed by atoms with Gasteiger partial charge in [-0.3, -0.25) is 9.58 Å². The summed E-state index contributed by atoms with van der Waals surface area (Å²) < 4.78 is 1.97. The van der Waals surface area contributed by atoms with E-state index in [1.165, 1.54) is 5.56 Å². The topological polar surface area (TPSA) is 47.1 Å². The molecule has 0 saturated heterocycles. The maximum Gasteiger partial charge on any atom is 0.0522 e. The lowest BCUT2D eigenvalue weighted by atomic mass is 9.80. The van der Waals surface area contributed by atoms with Crippen LogP contribution in [0.1, 0.15) is 53.0 Å². The second-order valence-corrected chi connectivity index (χ2v) is 5.50. The Hall–Kier alpha value is -0.870. The number of likely N-dealkylation sites (N-methyl/N-ethyl adjacent to an activating group) is 1. The van der Waals surface area contributed by atoms with E-state index in [1.807, 2.05) is 10.9 Å². The van der Waals surface area contributed by atoms with E-state index in [0.717, 1.165) is 38.9 Å². The zero-order valence-corrected chi connectivity index (χ0v) is 13.9. The highest BCUT2D eigenvalue weighted by molar-refractivity contribution is 5.10. The van der Waals surface area contributed by atoms with Crippen LogP contribution in [0.25, 0.3) is 0 Å². The minimum Gasteiger partial charge on any atom is -0.326 e. The predicted octanol–water partition coefficient (Wildman–Crippen LogP) is 2.67. The SMILES string of the molecule is CCN(CC)C(CC)(CC)C(N)Cc1cnn(CC)c1. The molecule has 1 rings (SSSR count). The fourth-order valence-corrected chi connectivity index (χ4v) is 3.44. The van der Waals surface area contributed by atoms with Crippen LogP contribution in [0.5, 0.6) is 0 Å². The summed E-state index contributed by atoms with van der Waals surface area (Å²) in [6.45, 7) is 14.1. The fraction of sp³-hybridized carbons (Fsp3) is 0.812. The lowest BCUT2D eigenvalue weighted by molar-refractivity contribution is 0.0628. The van der Waals surface area contributed by atoms with Crippen molar-refractivity contribution in [2.24, 2.45) is 5.73 Å². The third kappa shape index (κ3) is 3.41. The van der Waals surface area contributed by atoms with Crippen LogP contribution in [0.15, 0.2) is 12.4 Å². The summed E-state index contributed by atoms with van der Waals surface area (Å²) in [6, 6.07) is 0.145. The van der Waals surface area contributed by atoms with Crippen molar-refractivity contribution >= 4 is 0 Å². The van der Waals surface area contributed by atoms with Crippen molar-refractivity contribution in [3.63, 3.8) is 0 Å². The molecule has 2 N–H and O–H groups in total. The molecule has 0 amide bonds.